The third-order valence-electron chi connectivity index (χ3n) is 5.24. The van der Waals surface area contributed by atoms with Crippen molar-refractivity contribution in [2.24, 2.45) is 0 Å². The van der Waals surface area contributed by atoms with Crippen LogP contribution in [0.1, 0.15) is 41.4 Å². The Balaban J connectivity index is 1.85. The first-order chi connectivity index (χ1) is 14.4. The maximum atomic E-state index is 13.5. The van der Waals surface area contributed by atoms with Crippen LogP contribution >= 0.6 is 11.6 Å². The smallest absolute Gasteiger partial charge is 0.256 e. The average molecular weight is 428 g/mol. The molecule has 3 aromatic rings. The highest BCUT2D eigenvalue weighted by Gasteiger charge is 2.24. The molecule has 1 aromatic carbocycles. The minimum atomic E-state index is -0.100. The summed E-state index contributed by atoms with van der Waals surface area (Å²) in [7, 11) is 3.43. The van der Waals surface area contributed by atoms with Crippen LogP contribution in [0.15, 0.2) is 42.9 Å². The monoisotopic (exact) mass is 427 g/mol. The summed E-state index contributed by atoms with van der Waals surface area (Å²) in [5, 5.41) is 9.03. The van der Waals surface area contributed by atoms with E-state index in [4.69, 9.17) is 16.3 Å². The summed E-state index contributed by atoms with van der Waals surface area (Å²) in [4.78, 5) is 21.1. The number of aryl methyl sites for hydroxylation is 2. The van der Waals surface area contributed by atoms with E-state index in [1.807, 2.05) is 32.2 Å². The third-order valence-corrected chi connectivity index (χ3v) is 5.46. The lowest BCUT2D eigenvalue weighted by Crippen LogP contribution is -2.37. The Morgan fingerprint density at radius 3 is 2.60 bits per heavy atom. The molecular weight excluding hydrogens is 402 g/mol. The van der Waals surface area contributed by atoms with Gasteiger partial charge in [0.05, 0.1) is 35.8 Å². The number of aromatic nitrogens is 4. The quantitative estimate of drug-likeness (QED) is 0.540. The van der Waals surface area contributed by atoms with Crippen LogP contribution in [-0.4, -0.2) is 51.0 Å². The molecule has 30 heavy (non-hydrogen) atoms. The Kier molecular flexibility index (Phi) is 7.05. The summed E-state index contributed by atoms with van der Waals surface area (Å²) >= 11 is 5.92. The van der Waals surface area contributed by atoms with Crippen LogP contribution < -0.4 is 4.74 Å². The summed E-state index contributed by atoms with van der Waals surface area (Å²) in [5.74, 6) is 0.553. The Labute approximate surface area is 181 Å². The lowest BCUT2D eigenvalue weighted by Gasteiger charge is -2.28. The maximum absolute atomic E-state index is 13.5. The van der Waals surface area contributed by atoms with E-state index < -0.39 is 0 Å². The number of rotatable bonds is 8. The van der Waals surface area contributed by atoms with Crippen molar-refractivity contribution < 1.29 is 9.53 Å². The van der Waals surface area contributed by atoms with Crippen molar-refractivity contribution >= 4 is 17.5 Å². The molecule has 3 rings (SSSR count). The predicted molar refractivity (Wildman–Crippen MR) is 116 cm³/mol. The largest absolute Gasteiger partial charge is 0.496 e. The second-order valence-corrected chi connectivity index (χ2v) is 7.58. The number of hydrogen-bond acceptors (Lipinski definition) is 5. The number of amides is 1. The minimum absolute atomic E-state index is 0.0562. The molecule has 0 saturated heterocycles. The van der Waals surface area contributed by atoms with Gasteiger partial charge in [0.25, 0.3) is 5.91 Å². The summed E-state index contributed by atoms with van der Waals surface area (Å²) in [6.07, 6.45) is 7.21. The molecule has 0 saturated carbocycles. The summed E-state index contributed by atoms with van der Waals surface area (Å²) in [6, 6.07) is 7.45. The number of carbonyl (C=O) groups is 1. The van der Waals surface area contributed by atoms with E-state index in [1.54, 1.807) is 36.7 Å². The van der Waals surface area contributed by atoms with Gasteiger partial charge in [-0.3, -0.25) is 9.78 Å². The highest BCUT2D eigenvalue weighted by atomic mass is 35.5. The predicted octanol–water partition coefficient (Wildman–Crippen LogP) is 4.12. The number of halogens is 1. The second kappa shape index (κ2) is 9.71. The Bertz CT molecular complexity index is 990. The van der Waals surface area contributed by atoms with Crippen molar-refractivity contribution in [1.82, 2.24) is 24.9 Å². The molecule has 7 nitrogen and oxygen atoms in total. The molecule has 0 unspecified atom stereocenters. The van der Waals surface area contributed by atoms with Gasteiger partial charge in [-0.15, -0.1) is 0 Å². The molecule has 0 aliphatic carbocycles. The first-order valence-corrected chi connectivity index (χ1v) is 10.2. The highest BCUT2D eigenvalue weighted by Crippen LogP contribution is 2.27. The number of carbonyl (C=O) groups excluding carboxylic acids is 1. The number of methoxy groups -OCH3 is 1. The normalized spacial score (nSPS) is 11.9. The van der Waals surface area contributed by atoms with Gasteiger partial charge in [-0.25, -0.2) is 0 Å². The number of nitrogens with zero attached hydrogens (tertiary/aromatic N) is 5. The Morgan fingerprint density at radius 1 is 1.27 bits per heavy atom. The lowest BCUT2D eigenvalue weighted by atomic mass is 10.0. The van der Waals surface area contributed by atoms with E-state index in [1.165, 1.54) is 4.80 Å². The van der Waals surface area contributed by atoms with Gasteiger partial charge in [-0.2, -0.15) is 15.0 Å². The third kappa shape index (κ3) is 4.79. The molecule has 1 atom stereocenters. The average Bonchev–Trinajstić information content (AvgIpc) is 3.29. The summed E-state index contributed by atoms with van der Waals surface area (Å²) in [5.41, 5.74) is 2.99. The molecule has 0 aliphatic heterocycles. The molecule has 2 aromatic heterocycles. The number of hydrogen-bond donors (Lipinski definition) is 0. The van der Waals surface area contributed by atoms with Crippen molar-refractivity contribution in [1.29, 1.82) is 0 Å². The van der Waals surface area contributed by atoms with Crippen LogP contribution in [0.4, 0.5) is 0 Å². The van der Waals surface area contributed by atoms with Gasteiger partial charge >= 0.3 is 0 Å². The summed E-state index contributed by atoms with van der Waals surface area (Å²) < 4.78 is 5.45. The molecule has 0 fully saturated rings. The van der Waals surface area contributed by atoms with Crippen molar-refractivity contribution in [3.8, 4) is 11.4 Å². The Hall–Kier alpha value is -2.93. The molecule has 8 heteroatoms. The molecule has 0 N–H and O–H groups in total. The van der Waals surface area contributed by atoms with Crippen molar-refractivity contribution in [2.75, 3.05) is 14.2 Å². The molecule has 0 radical (unpaired) electrons. The van der Waals surface area contributed by atoms with Crippen molar-refractivity contribution in [3.63, 3.8) is 0 Å². The molecule has 0 bridgehead atoms. The van der Waals surface area contributed by atoms with E-state index in [0.717, 1.165) is 30.5 Å². The molecule has 158 valence electrons. The zero-order chi connectivity index (χ0) is 21.7. The van der Waals surface area contributed by atoms with Crippen LogP contribution in [0.25, 0.3) is 5.69 Å². The zero-order valence-corrected chi connectivity index (χ0v) is 18.4. The molecule has 2 heterocycles. The molecule has 0 aliphatic rings. The lowest BCUT2D eigenvalue weighted by molar-refractivity contribution is 0.0719. The van der Waals surface area contributed by atoms with Crippen LogP contribution in [-0.2, 0) is 6.42 Å². The van der Waals surface area contributed by atoms with Gasteiger partial charge in [-0.1, -0.05) is 18.5 Å². The summed E-state index contributed by atoms with van der Waals surface area (Å²) in [6.45, 7) is 4.01. The van der Waals surface area contributed by atoms with Gasteiger partial charge < -0.3 is 9.64 Å². The van der Waals surface area contributed by atoms with E-state index in [2.05, 4.69) is 22.1 Å². The first-order valence-electron chi connectivity index (χ1n) is 9.87. The zero-order valence-electron chi connectivity index (χ0n) is 17.7. The van der Waals surface area contributed by atoms with Crippen LogP contribution in [0, 0.1) is 6.92 Å². The number of pyridine rings is 1. The van der Waals surface area contributed by atoms with Gasteiger partial charge in [0.15, 0.2) is 0 Å². The van der Waals surface area contributed by atoms with Crippen molar-refractivity contribution in [2.45, 2.75) is 39.2 Å². The van der Waals surface area contributed by atoms with Gasteiger partial charge in [0.2, 0.25) is 0 Å². The molecule has 0 spiro atoms. The van der Waals surface area contributed by atoms with E-state index in [0.29, 0.717) is 22.0 Å². The first kappa shape index (κ1) is 21.8. The number of benzene rings is 1. The SMILES string of the molecule is CC[C@@H](CCc1ccc(Cl)cn1)N(C)C(=O)c1cc(OC)c(C)cc1-n1nccn1. The van der Waals surface area contributed by atoms with E-state index in [-0.39, 0.29) is 11.9 Å². The fraction of sp³-hybridized carbons (Fsp3) is 0.364. The van der Waals surface area contributed by atoms with Crippen LogP contribution in [0.5, 0.6) is 5.75 Å². The van der Waals surface area contributed by atoms with E-state index in [9.17, 15) is 4.79 Å². The Morgan fingerprint density at radius 2 is 2.00 bits per heavy atom. The van der Waals surface area contributed by atoms with E-state index >= 15 is 0 Å². The van der Waals surface area contributed by atoms with Crippen LogP contribution in [0.3, 0.4) is 0 Å². The standard InChI is InChI=1S/C22H26ClN5O2/c1-5-18(9-8-17-7-6-16(23)14-24-17)27(3)22(29)19-13-21(30-4)15(2)12-20(19)28-25-10-11-26-28/h6-7,10-14,18H,5,8-9H2,1-4H3/t18-/m0/s1. The molecular formula is C22H26ClN5O2. The van der Waals surface area contributed by atoms with Gasteiger partial charge in [-0.05, 0) is 56.0 Å². The highest BCUT2D eigenvalue weighted by molar-refractivity contribution is 6.30. The second-order valence-electron chi connectivity index (χ2n) is 7.14. The minimum Gasteiger partial charge on any atom is -0.496 e. The van der Waals surface area contributed by atoms with Gasteiger partial charge in [0, 0.05) is 25.0 Å². The fourth-order valence-electron chi connectivity index (χ4n) is 3.47. The molecule has 1 amide bonds. The van der Waals surface area contributed by atoms with Gasteiger partial charge in [0.1, 0.15) is 5.75 Å². The topological polar surface area (TPSA) is 73.1 Å². The maximum Gasteiger partial charge on any atom is 0.256 e. The fourth-order valence-corrected chi connectivity index (χ4v) is 3.58. The van der Waals surface area contributed by atoms with Crippen LogP contribution in [0.2, 0.25) is 5.02 Å². The number of ether oxygens (including phenoxy) is 1. The van der Waals surface area contributed by atoms with Crippen molar-refractivity contribution in [3.05, 3.63) is 64.7 Å².